The molecule has 1 aliphatic rings. The molecular formula is C15H23NO2S. The van der Waals surface area contributed by atoms with E-state index in [0.717, 1.165) is 15.8 Å². The summed E-state index contributed by atoms with van der Waals surface area (Å²) in [5.74, 6) is 1.17. The van der Waals surface area contributed by atoms with Crippen molar-refractivity contribution in [1.29, 1.82) is 0 Å². The van der Waals surface area contributed by atoms with Gasteiger partial charge in [0.25, 0.3) is 0 Å². The van der Waals surface area contributed by atoms with Crippen LogP contribution in [0.1, 0.15) is 72.2 Å². The zero-order valence-corrected chi connectivity index (χ0v) is 12.9. The van der Waals surface area contributed by atoms with Crippen molar-refractivity contribution in [2.45, 2.75) is 58.8 Å². The number of rotatable bonds is 4. The van der Waals surface area contributed by atoms with Gasteiger partial charge in [-0.25, -0.2) is 9.78 Å². The molecule has 0 radical (unpaired) electrons. The summed E-state index contributed by atoms with van der Waals surface area (Å²) in [4.78, 5) is 17.3. The van der Waals surface area contributed by atoms with Gasteiger partial charge in [-0.3, -0.25) is 0 Å². The molecule has 1 saturated carbocycles. The normalized spacial score (nSPS) is 23.3. The van der Waals surface area contributed by atoms with Gasteiger partial charge < -0.3 is 4.74 Å². The lowest BCUT2D eigenvalue weighted by atomic mass is 9.81. The van der Waals surface area contributed by atoms with Gasteiger partial charge in [0.2, 0.25) is 0 Å². The number of aryl methyl sites for hydroxylation is 1. The molecule has 1 heterocycles. The predicted octanol–water partition coefficient (Wildman–Crippen LogP) is 4.31. The minimum Gasteiger partial charge on any atom is -0.461 e. The van der Waals surface area contributed by atoms with Gasteiger partial charge in [-0.1, -0.05) is 13.3 Å². The number of hydrogen-bond donors (Lipinski definition) is 0. The maximum absolute atomic E-state index is 11.8. The first-order valence-electron chi connectivity index (χ1n) is 7.30. The molecule has 1 fully saturated rings. The van der Waals surface area contributed by atoms with Crippen LogP contribution in [0.3, 0.4) is 0 Å². The molecule has 2 rings (SSSR count). The third kappa shape index (κ3) is 3.35. The smallest absolute Gasteiger partial charge is 0.358 e. The van der Waals surface area contributed by atoms with Crippen LogP contribution in [0.15, 0.2) is 0 Å². The van der Waals surface area contributed by atoms with Gasteiger partial charge in [0.15, 0.2) is 5.69 Å². The van der Waals surface area contributed by atoms with E-state index in [1.54, 1.807) is 11.3 Å². The van der Waals surface area contributed by atoms with Gasteiger partial charge in [0.1, 0.15) is 0 Å². The van der Waals surface area contributed by atoms with Gasteiger partial charge in [-0.15, -0.1) is 11.3 Å². The van der Waals surface area contributed by atoms with Crippen molar-refractivity contribution >= 4 is 17.3 Å². The molecule has 1 aromatic rings. The maximum atomic E-state index is 11.8. The van der Waals surface area contributed by atoms with Crippen LogP contribution in [0.25, 0.3) is 0 Å². The predicted molar refractivity (Wildman–Crippen MR) is 77.8 cm³/mol. The van der Waals surface area contributed by atoms with E-state index in [0.29, 0.717) is 18.2 Å². The van der Waals surface area contributed by atoms with Gasteiger partial charge in [0.05, 0.1) is 11.6 Å². The largest absolute Gasteiger partial charge is 0.461 e. The zero-order chi connectivity index (χ0) is 13.8. The van der Waals surface area contributed by atoms with Crippen molar-refractivity contribution in [2.75, 3.05) is 6.61 Å². The van der Waals surface area contributed by atoms with E-state index in [2.05, 4.69) is 11.9 Å². The van der Waals surface area contributed by atoms with Crippen LogP contribution in [0.4, 0.5) is 0 Å². The summed E-state index contributed by atoms with van der Waals surface area (Å²) in [6.07, 6.45) is 6.32. The lowest BCUT2D eigenvalue weighted by Crippen LogP contribution is -2.13. The summed E-state index contributed by atoms with van der Waals surface area (Å²) in [5.41, 5.74) is 0.527. The fraction of sp³-hybridized carbons (Fsp3) is 0.733. The molecule has 3 nitrogen and oxygen atoms in total. The molecule has 0 spiro atoms. The molecule has 0 saturated heterocycles. The molecule has 0 unspecified atom stereocenters. The number of thiazole rings is 1. The van der Waals surface area contributed by atoms with E-state index in [4.69, 9.17) is 4.74 Å². The van der Waals surface area contributed by atoms with Crippen molar-refractivity contribution in [1.82, 2.24) is 4.98 Å². The number of carbonyl (C=O) groups excluding carboxylic acids is 1. The molecule has 0 aliphatic heterocycles. The van der Waals surface area contributed by atoms with Gasteiger partial charge in [0, 0.05) is 10.8 Å². The van der Waals surface area contributed by atoms with E-state index in [1.807, 2.05) is 13.8 Å². The Labute approximate surface area is 119 Å². The lowest BCUT2D eigenvalue weighted by molar-refractivity contribution is 0.0519. The first kappa shape index (κ1) is 14.5. The number of hydrogen-bond acceptors (Lipinski definition) is 4. The molecule has 4 heteroatoms. The van der Waals surface area contributed by atoms with E-state index in [9.17, 15) is 4.79 Å². The molecule has 0 atom stereocenters. The second kappa shape index (κ2) is 6.51. The van der Waals surface area contributed by atoms with Crippen molar-refractivity contribution < 1.29 is 9.53 Å². The van der Waals surface area contributed by atoms with Crippen LogP contribution in [-0.2, 0) is 4.74 Å². The van der Waals surface area contributed by atoms with Crippen LogP contribution in [0.5, 0.6) is 0 Å². The van der Waals surface area contributed by atoms with E-state index in [1.165, 1.54) is 32.1 Å². The molecule has 0 amide bonds. The van der Waals surface area contributed by atoms with Crippen LogP contribution in [0, 0.1) is 12.8 Å². The lowest BCUT2D eigenvalue weighted by Gasteiger charge is -2.26. The highest BCUT2D eigenvalue weighted by molar-refractivity contribution is 7.12. The zero-order valence-electron chi connectivity index (χ0n) is 12.1. The Morgan fingerprint density at radius 1 is 1.32 bits per heavy atom. The molecule has 106 valence electrons. The molecule has 1 aromatic heterocycles. The van der Waals surface area contributed by atoms with Crippen LogP contribution in [0.2, 0.25) is 0 Å². The summed E-state index contributed by atoms with van der Waals surface area (Å²) in [5, 5.41) is 1.13. The van der Waals surface area contributed by atoms with E-state index >= 15 is 0 Å². The van der Waals surface area contributed by atoms with Crippen LogP contribution < -0.4 is 0 Å². The summed E-state index contributed by atoms with van der Waals surface area (Å²) < 4.78 is 5.05. The minimum absolute atomic E-state index is 0.273. The van der Waals surface area contributed by atoms with Crippen molar-refractivity contribution in [3.05, 3.63) is 15.6 Å². The SMILES string of the molecule is CCOC(=O)c1nc(C2CCC(CC)CC2)sc1C. The highest BCUT2D eigenvalue weighted by Gasteiger charge is 2.26. The van der Waals surface area contributed by atoms with Gasteiger partial charge in [-0.05, 0) is 45.4 Å². The Hall–Kier alpha value is -0.900. The van der Waals surface area contributed by atoms with Crippen LogP contribution >= 0.6 is 11.3 Å². The average molecular weight is 281 g/mol. The van der Waals surface area contributed by atoms with Gasteiger partial charge >= 0.3 is 5.97 Å². The summed E-state index contributed by atoms with van der Waals surface area (Å²) in [7, 11) is 0. The minimum atomic E-state index is -0.273. The maximum Gasteiger partial charge on any atom is 0.358 e. The number of ether oxygens (including phenoxy) is 1. The third-order valence-electron chi connectivity index (χ3n) is 4.06. The van der Waals surface area contributed by atoms with E-state index < -0.39 is 0 Å². The Balaban J connectivity index is 2.06. The summed E-state index contributed by atoms with van der Waals surface area (Å²) in [6, 6.07) is 0. The van der Waals surface area contributed by atoms with E-state index in [-0.39, 0.29) is 5.97 Å². The second-order valence-corrected chi connectivity index (χ2v) is 6.54. The average Bonchev–Trinajstić information content (AvgIpc) is 2.81. The fourth-order valence-corrected chi connectivity index (χ4v) is 3.88. The Morgan fingerprint density at radius 2 is 2.00 bits per heavy atom. The molecule has 0 bridgehead atoms. The van der Waals surface area contributed by atoms with Crippen molar-refractivity contribution in [2.24, 2.45) is 5.92 Å². The Bertz CT molecular complexity index is 433. The number of aromatic nitrogens is 1. The standard InChI is InChI=1S/C15H23NO2S/c1-4-11-6-8-12(9-7-11)14-16-13(10(3)19-14)15(17)18-5-2/h11-12H,4-9H2,1-3H3. The molecule has 19 heavy (non-hydrogen) atoms. The second-order valence-electron chi connectivity index (χ2n) is 5.30. The number of nitrogens with zero attached hydrogens (tertiary/aromatic N) is 1. The highest BCUT2D eigenvalue weighted by atomic mass is 32.1. The van der Waals surface area contributed by atoms with Crippen molar-refractivity contribution in [3.63, 3.8) is 0 Å². The number of carbonyl (C=O) groups is 1. The van der Waals surface area contributed by atoms with Gasteiger partial charge in [-0.2, -0.15) is 0 Å². The summed E-state index contributed by atoms with van der Waals surface area (Å²) >= 11 is 1.67. The van der Waals surface area contributed by atoms with Crippen molar-refractivity contribution in [3.8, 4) is 0 Å². The fourth-order valence-electron chi connectivity index (χ4n) is 2.80. The quantitative estimate of drug-likeness (QED) is 0.772. The molecule has 0 aromatic carbocycles. The Kier molecular flexibility index (Phi) is 4.97. The Morgan fingerprint density at radius 3 is 2.58 bits per heavy atom. The first-order chi connectivity index (χ1) is 9.15. The monoisotopic (exact) mass is 281 g/mol. The molecule has 1 aliphatic carbocycles. The first-order valence-corrected chi connectivity index (χ1v) is 8.11. The highest BCUT2D eigenvalue weighted by Crippen LogP contribution is 2.39. The molecular weight excluding hydrogens is 258 g/mol. The topological polar surface area (TPSA) is 39.2 Å². The third-order valence-corrected chi connectivity index (χ3v) is 5.19. The van der Waals surface area contributed by atoms with Crippen LogP contribution in [-0.4, -0.2) is 17.6 Å². The number of esters is 1. The summed E-state index contributed by atoms with van der Waals surface area (Å²) in [6.45, 7) is 6.47. The molecule has 0 N–H and O–H groups in total.